The molecule has 0 aromatic carbocycles. The highest BCUT2D eigenvalue weighted by atomic mass is 32.2. The third-order valence-corrected chi connectivity index (χ3v) is 6.94. The average molecular weight is 344 g/mol. The van der Waals surface area contributed by atoms with Crippen LogP contribution in [0, 0.1) is 5.92 Å². The second kappa shape index (κ2) is 6.95. The monoisotopic (exact) mass is 343 g/mol. The van der Waals surface area contributed by atoms with Crippen LogP contribution in [-0.2, 0) is 10.0 Å². The Morgan fingerprint density at radius 3 is 2.86 bits per heavy atom. The van der Waals surface area contributed by atoms with Crippen molar-refractivity contribution in [1.29, 1.82) is 0 Å². The molecule has 22 heavy (non-hydrogen) atoms. The maximum atomic E-state index is 11.8. The van der Waals surface area contributed by atoms with E-state index in [4.69, 9.17) is 0 Å². The van der Waals surface area contributed by atoms with E-state index in [1.54, 1.807) is 15.6 Å². The lowest BCUT2D eigenvalue weighted by molar-refractivity contribution is 0.105. The summed E-state index contributed by atoms with van der Waals surface area (Å²) >= 11 is 1.74. The van der Waals surface area contributed by atoms with Crippen molar-refractivity contribution in [2.24, 2.45) is 5.92 Å². The van der Waals surface area contributed by atoms with Crippen LogP contribution < -0.4 is 0 Å². The fourth-order valence-corrected chi connectivity index (χ4v) is 5.45. The Labute approximate surface area is 137 Å². The van der Waals surface area contributed by atoms with Crippen LogP contribution in [0.4, 0.5) is 0 Å². The summed E-state index contributed by atoms with van der Waals surface area (Å²) in [5.74, 6) is 0.448. The molecule has 7 heteroatoms. The van der Waals surface area contributed by atoms with E-state index < -0.39 is 10.0 Å². The number of aromatic nitrogens is 1. The quantitative estimate of drug-likeness (QED) is 0.842. The molecule has 0 unspecified atom stereocenters. The Kier molecular flexibility index (Phi) is 5.17. The number of thiazole rings is 1. The number of nitrogens with zero attached hydrogens (tertiary/aromatic N) is 3. The SMILES string of the molecule is CS(=O)(=O)N1CCC[C@H](CN2CCCC[C@@H]2c2nccs2)C1. The van der Waals surface area contributed by atoms with Gasteiger partial charge < -0.3 is 0 Å². The first-order valence-corrected chi connectivity index (χ1v) is 10.9. The molecule has 1 aromatic rings. The molecule has 2 atom stereocenters. The van der Waals surface area contributed by atoms with Gasteiger partial charge in [-0.25, -0.2) is 17.7 Å². The smallest absolute Gasteiger partial charge is 0.211 e. The van der Waals surface area contributed by atoms with Crippen molar-refractivity contribution in [2.75, 3.05) is 32.4 Å². The van der Waals surface area contributed by atoms with E-state index in [2.05, 4.69) is 9.88 Å². The van der Waals surface area contributed by atoms with Crippen LogP contribution in [-0.4, -0.2) is 55.0 Å². The molecule has 2 aliphatic heterocycles. The van der Waals surface area contributed by atoms with Crippen molar-refractivity contribution >= 4 is 21.4 Å². The lowest BCUT2D eigenvalue weighted by atomic mass is 9.95. The molecule has 1 aromatic heterocycles. The predicted octanol–water partition coefficient (Wildman–Crippen LogP) is 2.34. The second-order valence-electron chi connectivity index (χ2n) is 6.51. The number of rotatable bonds is 4. The zero-order chi connectivity index (χ0) is 15.6. The standard InChI is InChI=1S/C15H25N3O2S2/c1-22(19,20)18-9-4-5-13(12-18)11-17-8-3-2-6-14(17)15-16-7-10-21-15/h7,10,13-14H,2-6,8-9,11-12H2,1H3/t13-,14-/m1/s1. The Morgan fingerprint density at radius 2 is 2.14 bits per heavy atom. The van der Waals surface area contributed by atoms with Crippen LogP contribution in [0.3, 0.4) is 0 Å². The first-order valence-electron chi connectivity index (χ1n) is 8.12. The van der Waals surface area contributed by atoms with E-state index in [0.29, 0.717) is 25.0 Å². The van der Waals surface area contributed by atoms with E-state index in [1.807, 2.05) is 11.6 Å². The van der Waals surface area contributed by atoms with Gasteiger partial charge in [-0.05, 0) is 38.1 Å². The van der Waals surface area contributed by atoms with Gasteiger partial charge in [0, 0.05) is 31.2 Å². The number of sulfonamides is 1. The van der Waals surface area contributed by atoms with Crippen LogP contribution in [0.15, 0.2) is 11.6 Å². The van der Waals surface area contributed by atoms with Crippen molar-refractivity contribution in [3.8, 4) is 0 Å². The largest absolute Gasteiger partial charge is 0.294 e. The Bertz CT molecular complexity index is 574. The summed E-state index contributed by atoms with van der Waals surface area (Å²) in [4.78, 5) is 7.05. The van der Waals surface area contributed by atoms with E-state index in [1.165, 1.54) is 30.5 Å². The van der Waals surface area contributed by atoms with Gasteiger partial charge in [-0.15, -0.1) is 11.3 Å². The van der Waals surface area contributed by atoms with Crippen molar-refractivity contribution in [3.05, 3.63) is 16.6 Å². The lowest BCUT2D eigenvalue weighted by Crippen LogP contribution is -2.45. The molecule has 0 N–H and O–H groups in total. The molecule has 2 saturated heterocycles. The molecule has 0 bridgehead atoms. The molecule has 2 aliphatic rings. The topological polar surface area (TPSA) is 53.5 Å². The minimum atomic E-state index is -3.05. The van der Waals surface area contributed by atoms with Crippen molar-refractivity contribution in [1.82, 2.24) is 14.2 Å². The van der Waals surface area contributed by atoms with Crippen molar-refractivity contribution in [2.45, 2.75) is 38.1 Å². The summed E-state index contributed by atoms with van der Waals surface area (Å²) in [7, 11) is -3.05. The van der Waals surface area contributed by atoms with Crippen LogP contribution in [0.5, 0.6) is 0 Å². The van der Waals surface area contributed by atoms with Crippen LogP contribution >= 0.6 is 11.3 Å². The van der Waals surface area contributed by atoms with Crippen molar-refractivity contribution in [3.63, 3.8) is 0 Å². The average Bonchev–Trinajstić information content (AvgIpc) is 3.01. The van der Waals surface area contributed by atoms with Gasteiger partial charge in [-0.3, -0.25) is 4.90 Å². The van der Waals surface area contributed by atoms with Gasteiger partial charge in [-0.1, -0.05) is 6.42 Å². The molecule has 124 valence electrons. The van der Waals surface area contributed by atoms with Gasteiger partial charge in [-0.2, -0.15) is 0 Å². The third-order valence-electron chi connectivity index (χ3n) is 4.79. The summed E-state index contributed by atoms with van der Waals surface area (Å²) in [6.07, 6.45) is 9.01. The molecule has 0 amide bonds. The minimum absolute atomic E-state index is 0.433. The maximum Gasteiger partial charge on any atom is 0.211 e. The number of likely N-dealkylation sites (tertiary alicyclic amines) is 1. The van der Waals surface area contributed by atoms with E-state index >= 15 is 0 Å². The highest BCUT2D eigenvalue weighted by molar-refractivity contribution is 7.88. The minimum Gasteiger partial charge on any atom is -0.294 e. The highest BCUT2D eigenvalue weighted by Gasteiger charge is 2.31. The molecular formula is C15H25N3O2S2. The molecule has 0 radical (unpaired) electrons. The van der Waals surface area contributed by atoms with Crippen LogP contribution in [0.2, 0.25) is 0 Å². The molecular weight excluding hydrogens is 318 g/mol. The summed E-state index contributed by atoms with van der Waals surface area (Å²) in [5.41, 5.74) is 0. The Balaban J connectivity index is 1.65. The zero-order valence-electron chi connectivity index (χ0n) is 13.1. The van der Waals surface area contributed by atoms with Gasteiger partial charge >= 0.3 is 0 Å². The first-order chi connectivity index (χ1) is 10.5. The molecule has 0 saturated carbocycles. The Morgan fingerprint density at radius 1 is 1.27 bits per heavy atom. The molecule has 5 nitrogen and oxygen atoms in total. The summed E-state index contributed by atoms with van der Waals surface area (Å²) in [6, 6.07) is 0.433. The van der Waals surface area contributed by atoms with E-state index in [-0.39, 0.29) is 0 Å². The first kappa shape index (κ1) is 16.4. The maximum absolute atomic E-state index is 11.8. The highest BCUT2D eigenvalue weighted by Crippen LogP contribution is 2.33. The van der Waals surface area contributed by atoms with Crippen LogP contribution in [0.25, 0.3) is 0 Å². The third kappa shape index (κ3) is 3.88. The number of hydrogen-bond donors (Lipinski definition) is 0. The molecule has 3 rings (SSSR count). The van der Waals surface area contributed by atoms with Gasteiger partial charge in [0.1, 0.15) is 5.01 Å². The van der Waals surface area contributed by atoms with E-state index in [9.17, 15) is 8.42 Å². The second-order valence-corrected chi connectivity index (χ2v) is 9.41. The fourth-order valence-electron chi connectivity index (χ4n) is 3.70. The van der Waals surface area contributed by atoms with Crippen molar-refractivity contribution < 1.29 is 8.42 Å². The van der Waals surface area contributed by atoms with Gasteiger partial charge in [0.2, 0.25) is 10.0 Å². The number of piperidine rings is 2. The predicted molar refractivity (Wildman–Crippen MR) is 89.4 cm³/mol. The van der Waals surface area contributed by atoms with Gasteiger partial charge in [0.25, 0.3) is 0 Å². The summed E-state index contributed by atoms with van der Waals surface area (Å²) < 4.78 is 25.2. The molecule has 3 heterocycles. The molecule has 0 aliphatic carbocycles. The van der Waals surface area contributed by atoms with E-state index in [0.717, 1.165) is 25.9 Å². The summed E-state index contributed by atoms with van der Waals surface area (Å²) in [6.45, 7) is 3.47. The molecule has 2 fully saturated rings. The molecule has 0 spiro atoms. The lowest BCUT2D eigenvalue weighted by Gasteiger charge is -2.39. The zero-order valence-corrected chi connectivity index (χ0v) is 14.8. The van der Waals surface area contributed by atoms with Gasteiger partial charge in [0.05, 0.1) is 12.3 Å². The van der Waals surface area contributed by atoms with Gasteiger partial charge in [0.15, 0.2) is 0 Å². The normalized spacial score (nSPS) is 28.8. The fraction of sp³-hybridized carbons (Fsp3) is 0.800. The van der Waals surface area contributed by atoms with Crippen LogP contribution in [0.1, 0.15) is 43.2 Å². The number of hydrogen-bond acceptors (Lipinski definition) is 5. The Hall–Kier alpha value is -0.500. The summed E-state index contributed by atoms with van der Waals surface area (Å²) in [5, 5.41) is 3.27.